The maximum absolute atomic E-state index is 5.44. The predicted molar refractivity (Wildman–Crippen MR) is 38.9 cm³/mol. The zero-order valence-electron chi connectivity index (χ0n) is 5.94. The van der Waals surface area contributed by atoms with Crippen LogP contribution in [0.25, 0.3) is 0 Å². The molecule has 0 aromatic rings. The monoisotopic (exact) mass is 108 g/mol. The van der Waals surface area contributed by atoms with Gasteiger partial charge in [0, 0.05) is 0 Å². The highest BCUT2D eigenvalue weighted by Crippen LogP contribution is 2.14. The largest absolute Gasteiger partial charge is 0.122 e. The van der Waals surface area contributed by atoms with E-state index in [-0.39, 0.29) is 0 Å². The molecule has 0 saturated carbocycles. The Hall–Kier alpha value is -0.195. The minimum absolute atomic E-state index is 0.454. The summed E-state index contributed by atoms with van der Waals surface area (Å²) in [6.45, 7) is 10.0. The van der Waals surface area contributed by atoms with Crippen LogP contribution in [0, 0.1) is 11.8 Å². The number of rotatable bonds is 2. The molecule has 0 nitrogen and oxygen atoms in total. The van der Waals surface area contributed by atoms with Crippen LogP contribution in [0.4, 0.5) is 0 Å². The van der Waals surface area contributed by atoms with Gasteiger partial charge in [0.2, 0.25) is 0 Å². The summed E-state index contributed by atoms with van der Waals surface area (Å²) in [6, 6.07) is 0. The molecule has 1 atom stereocenters. The first kappa shape index (κ1) is 7.80. The third-order valence-corrected chi connectivity index (χ3v) is 1.58. The summed E-state index contributed by atoms with van der Waals surface area (Å²) in [5, 5.41) is 0. The van der Waals surface area contributed by atoms with Gasteiger partial charge in [0.05, 0.1) is 0 Å². The van der Waals surface area contributed by atoms with Gasteiger partial charge in [-0.1, -0.05) is 20.8 Å². The van der Waals surface area contributed by atoms with Gasteiger partial charge in [-0.25, -0.2) is 0 Å². The summed E-state index contributed by atoms with van der Waals surface area (Å²) in [6.07, 6.45) is 0. The van der Waals surface area contributed by atoms with Gasteiger partial charge in [-0.15, -0.1) is 12.1 Å². The molecule has 0 spiro atoms. The standard InChI is InChI=1S/C7H13B/c1-5(2)6(3)7(4)8/h5-6H,4H2,1-3H3. The molecule has 0 aliphatic heterocycles. The Morgan fingerprint density at radius 2 is 1.75 bits per heavy atom. The highest BCUT2D eigenvalue weighted by Gasteiger charge is 2.04. The van der Waals surface area contributed by atoms with E-state index in [1.54, 1.807) is 0 Å². The van der Waals surface area contributed by atoms with Crippen LogP contribution in [0.15, 0.2) is 12.1 Å². The molecule has 0 aliphatic carbocycles. The molecule has 0 aromatic heterocycles. The lowest BCUT2D eigenvalue weighted by atomic mass is 9.80. The average molecular weight is 108 g/mol. The molecule has 8 heavy (non-hydrogen) atoms. The van der Waals surface area contributed by atoms with Gasteiger partial charge in [-0.05, 0) is 11.8 Å². The summed E-state index contributed by atoms with van der Waals surface area (Å²) < 4.78 is 0. The van der Waals surface area contributed by atoms with Crippen LogP contribution in [-0.2, 0) is 0 Å². The van der Waals surface area contributed by atoms with Crippen LogP contribution in [0.1, 0.15) is 20.8 Å². The Balaban J connectivity index is 3.64. The Morgan fingerprint density at radius 1 is 1.38 bits per heavy atom. The van der Waals surface area contributed by atoms with E-state index in [1.807, 2.05) is 0 Å². The smallest absolute Gasteiger partial charge is 0.107 e. The van der Waals surface area contributed by atoms with E-state index >= 15 is 0 Å². The number of allylic oxidation sites excluding steroid dienone is 1. The molecule has 0 saturated heterocycles. The lowest BCUT2D eigenvalue weighted by molar-refractivity contribution is 0.497. The van der Waals surface area contributed by atoms with Crippen LogP contribution in [0.3, 0.4) is 0 Å². The summed E-state index contributed by atoms with van der Waals surface area (Å²) in [5.74, 6) is 1.07. The highest BCUT2D eigenvalue weighted by atomic mass is 14.1. The number of hydrogen-bond donors (Lipinski definition) is 0. The molecule has 1 unspecified atom stereocenters. The fourth-order valence-corrected chi connectivity index (χ4v) is 0.428. The summed E-state index contributed by atoms with van der Waals surface area (Å²) in [5.41, 5.74) is 0.792. The van der Waals surface area contributed by atoms with Gasteiger partial charge < -0.3 is 0 Å². The highest BCUT2D eigenvalue weighted by molar-refractivity contribution is 6.21. The normalized spacial score (nSPS) is 14.0. The fraction of sp³-hybridized carbons (Fsp3) is 0.714. The van der Waals surface area contributed by atoms with E-state index in [9.17, 15) is 0 Å². The van der Waals surface area contributed by atoms with Crippen molar-refractivity contribution in [2.75, 3.05) is 0 Å². The Labute approximate surface area is 53.4 Å². The van der Waals surface area contributed by atoms with E-state index in [2.05, 4.69) is 27.4 Å². The third kappa shape index (κ3) is 2.20. The summed E-state index contributed by atoms with van der Waals surface area (Å²) in [7, 11) is 5.44. The quantitative estimate of drug-likeness (QED) is 0.474. The zero-order valence-corrected chi connectivity index (χ0v) is 5.94. The van der Waals surface area contributed by atoms with Crippen LogP contribution in [0.2, 0.25) is 0 Å². The topological polar surface area (TPSA) is 0 Å². The van der Waals surface area contributed by atoms with Gasteiger partial charge >= 0.3 is 0 Å². The number of hydrogen-bond acceptors (Lipinski definition) is 0. The fourth-order valence-electron chi connectivity index (χ4n) is 0.428. The second kappa shape index (κ2) is 2.96. The molecule has 0 N–H and O–H groups in total. The van der Waals surface area contributed by atoms with E-state index in [0.717, 1.165) is 5.47 Å². The zero-order chi connectivity index (χ0) is 6.73. The molecule has 0 aliphatic rings. The van der Waals surface area contributed by atoms with Crippen LogP contribution < -0.4 is 0 Å². The van der Waals surface area contributed by atoms with Gasteiger partial charge in [0.1, 0.15) is 7.85 Å². The van der Waals surface area contributed by atoms with Gasteiger partial charge in [-0.3, -0.25) is 0 Å². The lowest BCUT2D eigenvalue weighted by Crippen LogP contribution is -2.05. The molecule has 44 valence electrons. The van der Waals surface area contributed by atoms with Crippen molar-refractivity contribution in [3.8, 4) is 0 Å². The molecule has 0 amide bonds. The van der Waals surface area contributed by atoms with Crippen LogP contribution >= 0.6 is 0 Å². The minimum Gasteiger partial charge on any atom is -0.122 e. The van der Waals surface area contributed by atoms with Crippen LogP contribution in [0.5, 0.6) is 0 Å². The first-order valence-corrected chi connectivity index (χ1v) is 3.00. The van der Waals surface area contributed by atoms with Crippen molar-refractivity contribution < 1.29 is 0 Å². The third-order valence-electron chi connectivity index (χ3n) is 1.58. The maximum atomic E-state index is 5.44. The molecule has 0 rings (SSSR count). The van der Waals surface area contributed by atoms with Crippen LogP contribution in [-0.4, -0.2) is 7.85 Å². The lowest BCUT2D eigenvalue weighted by Gasteiger charge is -2.14. The summed E-state index contributed by atoms with van der Waals surface area (Å²) in [4.78, 5) is 0. The predicted octanol–water partition coefficient (Wildman–Crippen LogP) is 1.96. The molecule has 0 aromatic carbocycles. The van der Waals surface area contributed by atoms with Gasteiger partial charge in [0.25, 0.3) is 0 Å². The van der Waals surface area contributed by atoms with E-state index in [1.165, 1.54) is 0 Å². The van der Waals surface area contributed by atoms with Crippen molar-refractivity contribution in [1.82, 2.24) is 0 Å². The molecule has 1 heteroatoms. The van der Waals surface area contributed by atoms with Crippen molar-refractivity contribution in [3.05, 3.63) is 12.1 Å². The van der Waals surface area contributed by atoms with E-state index in [0.29, 0.717) is 11.8 Å². The second-order valence-electron chi connectivity index (χ2n) is 2.61. The molecule has 2 radical (unpaired) electrons. The maximum Gasteiger partial charge on any atom is 0.107 e. The summed E-state index contributed by atoms with van der Waals surface area (Å²) >= 11 is 0. The first-order chi connectivity index (χ1) is 3.55. The molecule has 0 fully saturated rings. The van der Waals surface area contributed by atoms with Crippen molar-refractivity contribution in [1.29, 1.82) is 0 Å². The Morgan fingerprint density at radius 3 is 1.75 bits per heavy atom. The minimum atomic E-state index is 0.454. The van der Waals surface area contributed by atoms with E-state index in [4.69, 9.17) is 7.85 Å². The van der Waals surface area contributed by atoms with Crippen molar-refractivity contribution in [3.63, 3.8) is 0 Å². The van der Waals surface area contributed by atoms with Gasteiger partial charge in [-0.2, -0.15) is 0 Å². The van der Waals surface area contributed by atoms with Crippen molar-refractivity contribution >= 4 is 7.85 Å². The Bertz CT molecular complexity index is 84.4. The molecule has 0 bridgehead atoms. The SMILES string of the molecule is [B]C(=C)C(C)C(C)C. The van der Waals surface area contributed by atoms with Gasteiger partial charge in [0.15, 0.2) is 0 Å². The van der Waals surface area contributed by atoms with Crippen molar-refractivity contribution in [2.45, 2.75) is 20.8 Å². The average Bonchev–Trinajstić information content (AvgIpc) is 1.64. The molecular formula is C7H13B. The Kier molecular flexibility index (Phi) is 2.89. The first-order valence-electron chi connectivity index (χ1n) is 3.00. The van der Waals surface area contributed by atoms with E-state index < -0.39 is 0 Å². The molecule has 0 heterocycles. The second-order valence-corrected chi connectivity index (χ2v) is 2.61. The molecular weight excluding hydrogens is 94.9 g/mol. The van der Waals surface area contributed by atoms with Crippen molar-refractivity contribution in [2.24, 2.45) is 11.8 Å².